The smallest absolute Gasteiger partial charge is 0.0542 e. The average molecular weight is 261 g/mol. The predicted octanol–water partition coefficient (Wildman–Crippen LogP) is 2.62. The van der Waals surface area contributed by atoms with Crippen LogP contribution in [0, 0.1) is 0 Å². The van der Waals surface area contributed by atoms with Crippen LogP contribution in [-0.4, -0.2) is 16.4 Å². The fraction of sp³-hybridized carbons (Fsp3) is 0.357. The van der Waals surface area contributed by atoms with Gasteiger partial charge in [0.15, 0.2) is 0 Å². The summed E-state index contributed by atoms with van der Waals surface area (Å²) < 4.78 is 0. The van der Waals surface area contributed by atoms with E-state index in [0.29, 0.717) is 6.54 Å². The van der Waals surface area contributed by atoms with Gasteiger partial charge in [-0.15, -0.1) is 11.3 Å². The zero-order valence-electron chi connectivity index (χ0n) is 10.7. The molecule has 0 aliphatic carbocycles. The molecular formula is C14H19N3S. The second kappa shape index (κ2) is 6.64. The molecular weight excluding hydrogens is 242 g/mol. The standard InChI is InChI=1S/C14H19N3S/c1-2-17(11-14-4-3-7-18-14)10-12-5-6-16-13(8-12)9-15/h3-8H,2,9-11,15H2,1H3. The van der Waals surface area contributed by atoms with E-state index in [4.69, 9.17) is 5.73 Å². The minimum Gasteiger partial charge on any atom is -0.325 e. The summed E-state index contributed by atoms with van der Waals surface area (Å²) in [6, 6.07) is 8.45. The monoisotopic (exact) mass is 261 g/mol. The van der Waals surface area contributed by atoms with Gasteiger partial charge >= 0.3 is 0 Å². The highest BCUT2D eigenvalue weighted by Gasteiger charge is 2.06. The Labute approximate surface area is 112 Å². The Morgan fingerprint density at radius 3 is 2.89 bits per heavy atom. The van der Waals surface area contributed by atoms with Crippen LogP contribution in [0.2, 0.25) is 0 Å². The molecule has 2 N–H and O–H groups in total. The van der Waals surface area contributed by atoms with Gasteiger partial charge in [-0.1, -0.05) is 13.0 Å². The Bertz CT molecular complexity index is 468. The van der Waals surface area contributed by atoms with Crippen LogP contribution < -0.4 is 5.73 Å². The van der Waals surface area contributed by atoms with Crippen LogP contribution in [0.4, 0.5) is 0 Å². The predicted molar refractivity (Wildman–Crippen MR) is 76.2 cm³/mol. The van der Waals surface area contributed by atoms with Crippen molar-refractivity contribution in [1.82, 2.24) is 9.88 Å². The molecule has 0 amide bonds. The zero-order chi connectivity index (χ0) is 12.8. The molecule has 0 radical (unpaired) electrons. The maximum atomic E-state index is 5.62. The molecule has 0 unspecified atom stereocenters. The number of pyridine rings is 1. The first-order valence-corrected chi connectivity index (χ1v) is 7.08. The average Bonchev–Trinajstić information content (AvgIpc) is 2.91. The molecule has 0 saturated carbocycles. The van der Waals surface area contributed by atoms with E-state index >= 15 is 0 Å². The first-order chi connectivity index (χ1) is 8.81. The van der Waals surface area contributed by atoms with Crippen molar-refractivity contribution >= 4 is 11.3 Å². The second-order valence-corrected chi connectivity index (χ2v) is 5.27. The molecule has 96 valence electrons. The van der Waals surface area contributed by atoms with Crippen molar-refractivity contribution in [2.75, 3.05) is 6.54 Å². The van der Waals surface area contributed by atoms with Crippen LogP contribution in [0.3, 0.4) is 0 Å². The SMILES string of the molecule is CCN(Cc1ccnc(CN)c1)Cc1cccs1. The number of thiophene rings is 1. The normalized spacial score (nSPS) is 11.1. The number of hydrogen-bond donors (Lipinski definition) is 1. The molecule has 0 saturated heterocycles. The highest BCUT2D eigenvalue weighted by molar-refractivity contribution is 7.09. The van der Waals surface area contributed by atoms with Crippen LogP contribution in [0.1, 0.15) is 23.1 Å². The zero-order valence-corrected chi connectivity index (χ0v) is 11.5. The molecule has 18 heavy (non-hydrogen) atoms. The van der Waals surface area contributed by atoms with Gasteiger partial charge in [-0.2, -0.15) is 0 Å². The van der Waals surface area contributed by atoms with Crippen molar-refractivity contribution < 1.29 is 0 Å². The summed E-state index contributed by atoms with van der Waals surface area (Å²) >= 11 is 1.81. The molecule has 3 nitrogen and oxygen atoms in total. The summed E-state index contributed by atoms with van der Waals surface area (Å²) in [5, 5.41) is 2.13. The van der Waals surface area contributed by atoms with Gasteiger partial charge in [0.25, 0.3) is 0 Å². The molecule has 0 aliphatic heterocycles. The van der Waals surface area contributed by atoms with E-state index in [9.17, 15) is 0 Å². The number of nitrogens with zero attached hydrogens (tertiary/aromatic N) is 2. The Morgan fingerprint density at radius 2 is 2.22 bits per heavy atom. The molecule has 2 aromatic heterocycles. The summed E-state index contributed by atoms with van der Waals surface area (Å²) in [7, 11) is 0. The van der Waals surface area contributed by atoms with Crippen LogP contribution in [0.15, 0.2) is 35.8 Å². The van der Waals surface area contributed by atoms with Crippen molar-refractivity contribution in [3.63, 3.8) is 0 Å². The Hall–Kier alpha value is -1.23. The van der Waals surface area contributed by atoms with Gasteiger partial charge in [-0.3, -0.25) is 9.88 Å². The molecule has 0 aromatic carbocycles. The highest BCUT2D eigenvalue weighted by Crippen LogP contribution is 2.14. The number of nitrogens with two attached hydrogens (primary N) is 1. The number of rotatable bonds is 6. The van der Waals surface area contributed by atoms with Crippen LogP contribution >= 0.6 is 11.3 Å². The minimum absolute atomic E-state index is 0.505. The topological polar surface area (TPSA) is 42.2 Å². The van der Waals surface area contributed by atoms with Gasteiger partial charge in [0.1, 0.15) is 0 Å². The third kappa shape index (κ3) is 3.63. The fourth-order valence-electron chi connectivity index (χ4n) is 1.90. The Kier molecular flexibility index (Phi) is 4.87. The van der Waals surface area contributed by atoms with Crippen molar-refractivity contribution in [2.24, 2.45) is 5.73 Å². The summed E-state index contributed by atoms with van der Waals surface area (Å²) in [6.07, 6.45) is 1.84. The molecule has 0 aliphatic rings. The van der Waals surface area contributed by atoms with Crippen molar-refractivity contribution in [2.45, 2.75) is 26.6 Å². The van der Waals surface area contributed by atoms with Crippen molar-refractivity contribution in [3.8, 4) is 0 Å². The maximum Gasteiger partial charge on any atom is 0.0542 e. The first-order valence-electron chi connectivity index (χ1n) is 6.20. The summed E-state index contributed by atoms with van der Waals surface area (Å²) in [5.74, 6) is 0. The van der Waals surface area contributed by atoms with Gasteiger partial charge in [0.2, 0.25) is 0 Å². The summed E-state index contributed by atoms with van der Waals surface area (Å²) in [4.78, 5) is 8.05. The Morgan fingerprint density at radius 1 is 1.33 bits per heavy atom. The van der Waals surface area contributed by atoms with Gasteiger partial charge in [-0.05, 0) is 35.7 Å². The maximum absolute atomic E-state index is 5.62. The molecule has 0 atom stereocenters. The van der Waals surface area contributed by atoms with E-state index < -0.39 is 0 Å². The van der Waals surface area contributed by atoms with Crippen LogP contribution in [-0.2, 0) is 19.6 Å². The van der Waals surface area contributed by atoms with E-state index in [1.54, 1.807) is 0 Å². The highest BCUT2D eigenvalue weighted by atomic mass is 32.1. The quantitative estimate of drug-likeness (QED) is 0.869. The lowest BCUT2D eigenvalue weighted by atomic mass is 10.2. The van der Waals surface area contributed by atoms with Gasteiger partial charge in [0.05, 0.1) is 5.69 Å². The van der Waals surface area contributed by atoms with E-state index in [-0.39, 0.29) is 0 Å². The van der Waals surface area contributed by atoms with Gasteiger partial charge in [-0.25, -0.2) is 0 Å². The molecule has 4 heteroatoms. The van der Waals surface area contributed by atoms with E-state index in [2.05, 4.69) is 46.5 Å². The first kappa shape index (κ1) is 13.2. The third-order valence-corrected chi connectivity index (χ3v) is 3.76. The van der Waals surface area contributed by atoms with Crippen LogP contribution in [0.5, 0.6) is 0 Å². The van der Waals surface area contributed by atoms with Crippen LogP contribution in [0.25, 0.3) is 0 Å². The molecule has 0 bridgehead atoms. The second-order valence-electron chi connectivity index (χ2n) is 4.24. The van der Waals surface area contributed by atoms with Gasteiger partial charge in [0, 0.05) is 30.7 Å². The molecule has 2 aromatic rings. The molecule has 2 heterocycles. The number of aromatic nitrogens is 1. The lowest BCUT2D eigenvalue weighted by Crippen LogP contribution is -2.22. The van der Waals surface area contributed by atoms with E-state index in [1.165, 1.54) is 10.4 Å². The molecule has 0 spiro atoms. The largest absolute Gasteiger partial charge is 0.325 e. The van der Waals surface area contributed by atoms with Gasteiger partial charge < -0.3 is 5.73 Å². The van der Waals surface area contributed by atoms with E-state index in [1.807, 2.05) is 17.5 Å². The molecule has 2 rings (SSSR count). The lowest BCUT2D eigenvalue weighted by molar-refractivity contribution is 0.273. The minimum atomic E-state index is 0.505. The summed E-state index contributed by atoms with van der Waals surface area (Å²) in [6.45, 7) is 5.69. The van der Waals surface area contributed by atoms with E-state index in [0.717, 1.165) is 25.3 Å². The lowest BCUT2D eigenvalue weighted by Gasteiger charge is -2.19. The number of hydrogen-bond acceptors (Lipinski definition) is 4. The van der Waals surface area contributed by atoms with Crippen molar-refractivity contribution in [3.05, 3.63) is 52.0 Å². The molecule has 0 fully saturated rings. The van der Waals surface area contributed by atoms with Crippen molar-refractivity contribution in [1.29, 1.82) is 0 Å². The summed E-state index contributed by atoms with van der Waals surface area (Å²) in [5.41, 5.74) is 7.86. The Balaban J connectivity index is 2.00. The third-order valence-electron chi connectivity index (χ3n) is 2.90. The fourth-order valence-corrected chi connectivity index (χ4v) is 2.64.